The van der Waals surface area contributed by atoms with Gasteiger partial charge in [0.15, 0.2) is 0 Å². The van der Waals surface area contributed by atoms with Crippen molar-refractivity contribution in [3.8, 4) is 0 Å². The second-order valence-electron chi connectivity index (χ2n) is 3.56. The minimum Gasteiger partial charge on any atom is -0.463 e. The van der Waals surface area contributed by atoms with Crippen molar-refractivity contribution in [1.82, 2.24) is 0 Å². The van der Waals surface area contributed by atoms with Crippen LogP contribution in [-0.4, -0.2) is 52.7 Å². The number of aliphatic hydroxyl groups excluding tert-OH is 2. The molecule has 0 heterocycles. The maximum atomic E-state index is 11.4. The molecule has 2 atom stereocenters. The summed E-state index contributed by atoms with van der Waals surface area (Å²) in [7, 11) is -3.21. The van der Waals surface area contributed by atoms with Crippen LogP contribution in [0.4, 0.5) is 0 Å². The second kappa shape index (κ2) is 7.79. The van der Waals surface area contributed by atoms with Gasteiger partial charge >= 0.3 is 5.97 Å². The lowest BCUT2D eigenvalue weighted by Crippen LogP contribution is -2.22. The van der Waals surface area contributed by atoms with Gasteiger partial charge in [0.2, 0.25) is 7.37 Å². The highest BCUT2D eigenvalue weighted by atomic mass is 31.2. The molecule has 0 aromatic rings. The van der Waals surface area contributed by atoms with Crippen molar-refractivity contribution in [2.75, 3.05) is 25.5 Å². The highest BCUT2D eigenvalue weighted by molar-refractivity contribution is 7.58. The number of aliphatic hydroxyl groups is 2. The van der Waals surface area contributed by atoms with E-state index in [1.165, 1.54) is 0 Å². The highest BCUT2D eigenvalue weighted by Gasteiger charge is 2.19. The van der Waals surface area contributed by atoms with Crippen molar-refractivity contribution in [3.05, 3.63) is 0 Å². The van der Waals surface area contributed by atoms with Gasteiger partial charge in [0.25, 0.3) is 0 Å². The quantitative estimate of drug-likeness (QED) is 0.414. The molecule has 0 rings (SSSR count). The predicted octanol–water partition coefficient (Wildman–Crippen LogP) is -0.0467. The molecule has 0 amide bonds. The third-order valence-electron chi connectivity index (χ3n) is 1.89. The Bertz CT molecular complexity index is 254. The van der Waals surface area contributed by atoms with Crippen molar-refractivity contribution in [3.63, 3.8) is 0 Å². The molecule has 0 fully saturated rings. The van der Waals surface area contributed by atoms with Crippen molar-refractivity contribution < 1.29 is 29.2 Å². The van der Waals surface area contributed by atoms with E-state index in [9.17, 15) is 14.3 Å². The summed E-state index contributed by atoms with van der Waals surface area (Å²) in [5.41, 5.74) is 0. The monoisotopic (exact) mass is 254 g/mol. The van der Waals surface area contributed by atoms with E-state index >= 15 is 0 Å². The Morgan fingerprint density at radius 3 is 2.56 bits per heavy atom. The molecule has 6 nitrogen and oxygen atoms in total. The summed E-state index contributed by atoms with van der Waals surface area (Å²) in [5, 5.41) is 17.3. The molecule has 0 bridgehead atoms. The van der Waals surface area contributed by atoms with Crippen LogP contribution in [0.15, 0.2) is 0 Å². The van der Waals surface area contributed by atoms with Crippen LogP contribution in [0.1, 0.15) is 19.8 Å². The molecule has 0 saturated carbocycles. The Morgan fingerprint density at radius 1 is 1.44 bits per heavy atom. The van der Waals surface area contributed by atoms with E-state index in [0.717, 1.165) is 0 Å². The van der Waals surface area contributed by atoms with E-state index in [1.807, 2.05) is 0 Å². The molecule has 0 aliphatic heterocycles. The van der Waals surface area contributed by atoms with E-state index < -0.39 is 26.0 Å². The number of esters is 1. The van der Waals surface area contributed by atoms with Gasteiger partial charge in [0, 0.05) is 12.3 Å². The third-order valence-corrected chi connectivity index (χ3v) is 3.95. The molecule has 96 valence electrons. The molecular formula is C9H19O6P. The van der Waals surface area contributed by atoms with E-state index in [0.29, 0.717) is 6.42 Å². The summed E-state index contributed by atoms with van der Waals surface area (Å²) in [4.78, 5) is 20.4. The van der Waals surface area contributed by atoms with Gasteiger partial charge in [0.05, 0.1) is 13.0 Å². The topological polar surface area (TPSA) is 104 Å². The highest BCUT2D eigenvalue weighted by Crippen LogP contribution is 2.41. The minimum atomic E-state index is -3.21. The van der Waals surface area contributed by atoms with Crippen molar-refractivity contribution in [2.24, 2.45) is 0 Å². The normalized spacial score (nSPS) is 16.5. The molecule has 0 spiro atoms. The molecular weight excluding hydrogens is 235 g/mol. The fraction of sp³-hybridized carbons (Fsp3) is 0.889. The smallest absolute Gasteiger partial charge is 0.306 e. The maximum absolute atomic E-state index is 11.4. The van der Waals surface area contributed by atoms with Gasteiger partial charge in [0.1, 0.15) is 12.7 Å². The summed E-state index contributed by atoms with van der Waals surface area (Å²) in [6.07, 6.45) is -0.563. The number of carbonyl (C=O) groups is 1. The van der Waals surface area contributed by atoms with E-state index in [-0.39, 0.29) is 25.4 Å². The fourth-order valence-corrected chi connectivity index (χ4v) is 2.50. The first-order valence-corrected chi connectivity index (χ1v) is 7.19. The number of ether oxygens (including phenoxy) is 1. The van der Waals surface area contributed by atoms with Gasteiger partial charge < -0.3 is 19.8 Å². The molecule has 0 radical (unpaired) electrons. The Balaban J connectivity index is 3.77. The lowest BCUT2D eigenvalue weighted by molar-refractivity contribution is -0.146. The zero-order chi connectivity index (χ0) is 12.6. The summed E-state index contributed by atoms with van der Waals surface area (Å²) in [5.74, 6) is -0.641. The standard InChI is InChI=1S/C9H19O6P/c1-2-4-16(13,14)5-3-9(12)15-7-8(11)6-10/h8,10-11H,2-7H2,1H3,(H,13,14). The van der Waals surface area contributed by atoms with Gasteiger partial charge in [-0.1, -0.05) is 6.92 Å². The summed E-state index contributed by atoms with van der Waals surface area (Å²) >= 11 is 0. The number of hydrogen-bond acceptors (Lipinski definition) is 5. The zero-order valence-electron chi connectivity index (χ0n) is 9.33. The maximum Gasteiger partial charge on any atom is 0.306 e. The van der Waals surface area contributed by atoms with Gasteiger partial charge in [-0.05, 0) is 6.42 Å². The molecule has 0 aliphatic rings. The second-order valence-corrected chi connectivity index (χ2v) is 6.15. The van der Waals surface area contributed by atoms with Crippen molar-refractivity contribution in [1.29, 1.82) is 0 Å². The minimum absolute atomic E-state index is 0.102. The SMILES string of the molecule is CCCP(=O)(O)CCC(=O)OCC(O)CO. The fourth-order valence-electron chi connectivity index (χ4n) is 1.04. The average Bonchev–Trinajstić information content (AvgIpc) is 2.23. The Labute approximate surface area is 94.7 Å². The number of carbonyl (C=O) groups excluding carboxylic acids is 1. The van der Waals surface area contributed by atoms with Crippen LogP contribution in [0.2, 0.25) is 0 Å². The van der Waals surface area contributed by atoms with E-state index in [1.54, 1.807) is 6.92 Å². The van der Waals surface area contributed by atoms with E-state index in [4.69, 9.17) is 10.2 Å². The van der Waals surface area contributed by atoms with Crippen LogP contribution in [0.3, 0.4) is 0 Å². The summed E-state index contributed by atoms with van der Waals surface area (Å²) in [6, 6.07) is 0. The number of rotatable bonds is 8. The first kappa shape index (κ1) is 15.6. The van der Waals surface area contributed by atoms with Crippen LogP contribution < -0.4 is 0 Å². The Morgan fingerprint density at radius 2 is 2.06 bits per heavy atom. The van der Waals surface area contributed by atoms with Gasteiger partial charge in [-0.25, -0.2) is 0 Å². The Hall–Kier alpha value is -0.420. The van der Waals surface area contributed by atoms with E-state index in [2.05, 4.69) is 4.74 Å². The van der Waals surface area contributed by atoms with Crippen LogP contribution in [0.5, 0.6) is 0 Å². The summed E-state index contributed by atoms with van der Waals surface area (Å²) in [6.45, 7) is 1.01. The molecule has 16 heavy (non-hydrogen) atoms. The van der Waals surface area contributed by atoms with Crippen LogP contribution >= 0.6 is 7.37 Å². The molecule has 7 heteroatoms. The molecule has 0 saturated heterocycles. The van der Waals surface area contributed by atoms with Gasteiger partial charge in [-0.3, -0.25) is 9.36 Å². The Kier molecular flexibility index (Phi) is 7.58. The summed E-state index contributed by atoms with van der Waals surface area (Å²) < 4.78 is 16.0. The van der Waals surface area contributed by atoms with Crippen LogP contribution in [-0.2, 0) is 14.1 Å². The largest absolute Gasteiger partial charge is 0.463 e. The van der Waals surface area contributed by atoms with Crippen molar-refractivity contribution in [2.45, 2.75) is 25.9 Å². The van der Waals surface area contributed by atoms with Gasteiger partial charge in [-0.2, -0.15) is 0 Å². The first-order chi connectivity index (χ1) is 7.41. The van der Waals surface area contributed by atoms with Crippen LogP contribution in [0.25, 0.3) is 0 Å². The zero-order valence-corrected chi connectivity index (χ0v) is 10.2. The predicted molar refractivity (Wildman–Crippen MR) is 58.5 cm³/mol. The molecule has 0 aliphatic carbocycles. The lowest BCUT2D eigenvalue weighted by Gasteiger charge is -2.11. The molecule has 0 aromatic heterocycles. The number of hydrogen-bond donors (Lipinski definition) is 3. The average molecular weight is 254 g/mol. The molecule has 3 N–H and O–H groups in total. The molecule has 0 aromatic carbocycles. The van der Waals surface area contributed by atoms with Crippen LogP contribution in [0, 0.1) is 0 Å². The molecule has 2 unspecified atom stereocenters. The van der Waals surface area contributed by atoms with Crippen molar-refractivity contribution >= 4 is 13.3 Å². The first-order valence-electron chi connectivity index (χ1n) is 5.16. The third kappa shape index (κ3) is 7.82. The van der Waals surface area contributed by atoms with Gasteiger partial charge in [-0.15, -0.1) is 0 Å². The lowest BCUT2D eigenvalue weighted by atomic mass is 10.4.